The van der Waals surface area contributed by atoms with Crippen LogP contribution in [0.4, 0.5) is 0 Å². The number of nitrogens with zero attached hydrogens (tertiary/aromatic N) is 2. The van der Waals surface area contributed by atoms with E-state index < -0.39 is 0 Å². The van der Waals surface area contributed by atoms with Gasteiger partial charge in [-0.3, -0.25) is 14.7 Å². The van der Waals surface area contributed by atoms with Crippen molar-refractivity contribution in [3.63, 3.8) is 0 Å². The van der Waals surface area contributed by atoms with Gasteiger partial charge in [-0.05, 0) is 49.9 Å². The second-order valence-electron chi connectivity index (χ2n) is 6.96. The van der Waals surface area contributed by atoms with Crippen molar-refractivity contribution in [2.75, 3.05) is 36.1 Å². The lowest BCUT2D eigenvalue weighted by molar-refractivity contribution is -0.121. The van der Waals surface area contributed by atoms with Crippen molar-refractivity contribution in [3.05, 3.63) is 30.1 Å². The van der Waals surface area contributed by atoms with Gasteiger partial charge in [0.2, 0.25) is 5.91 Å². The zero-order valence-electron chi connectivity index (χ0n) is 14.9. The summed E-state index contributed by atoms with van der Waals surface area (Å²) in [5.74, 6) is 6.11. The fraction of sp³-hybridized carbons (Fsp3) is 0.684. The van der Waals surface area contributed by atoms with Crippen LogP contribution in [0.15, 0.2) is 24.5 Å². The van der Waals surface area contributed by atoms with Crippen LogP contribution < -0.4 is 5.32 Å². The Morgan fingerprint density at radius 1 is 1.24 bits per heavy atom. The smallest absolute Gasteiger partial charge is 0.220 e. The maximum absolute atomic E-state index is 12.1. The predicted octanol–water partition coefficient (Wildman–Crippen LogP) is 3.04. The molecule has 0 radical (unpaired) electrons. The number of nitrogens with one attached hydrogen (secondary N) is 1. The summed E-state index contributed by atoms with van der Waals surface area (Å²) in [7, 11) is 0. The van der Waals surface area contributed by atoms with Crippen molar-refractivity contribution < 1.29 is 4.79 Å². The number of aromatic nitrogens is 1. The molecule has 2 aliphatic rings. The average molecular weight is 380 g/mol. The molecule has 25 heavy (non-hydrogen) atoms. The molecular weight excluding hydrogens is 350 g/mol. The average Bonchev–Trinajstić information content (AvgIpc) is 2.95. The number of carbonyl (C=O) groups excluding carboxylic acids is 1. The Bertz CT molecular complexity index is 513. The van der Waals surface area contributed by atoms with Gasteiger partial charge in [0.05, 0.1) is 0 Å². The van der Waals surface area contributed by atoms with Gasteiger partial charge >= 0.3 is 0 Å². The first-order valence-corrected chi connectivity index (χ1v) is 11.7. The first kappa shape index (κ1) is 19.1. The van der Waals surface area contributed by atoms with E-state index in [0.717, 1.165) is 18.0 Å². The first-order valence-electron chi connectivity index (χ1n) is 9.36. The molecule has 0 spiro atoms. The summed E-state index contributed by atoms with van der Waals surface area (Å²) in [5, 5.41) is 3.01. The van der Waals surface area contributed by atoms with E-state index in [4.69, 9.17) is 0 Å². The van der Waals surface area contributed by atoms with Crippen molar-refractivity contribution >= 4 is 29.4 Å². The minimum atomic E-state index is 0.169. The first-order chi connectivity index (χ1) is 12.3. The third kappa shape index (κ3) is 6.50. The molecule has 0 aromatic carbocycles. The Labute approximate surface area is 159 Å². The van der Waals surface area contributed by atoms with Crippen molar-refractivity contribution in [1.82, 2.24) is 15.2 Å². The molecule has 4 nitrogen and oxygen atoms in total. The lowest BCUT2D eigenvalue weighted by atomic mass is 9.91. The van der Waals surface area contributed by atoms with Gasteiger partial charge in [0.15, 0.2) is 0 Å². The van der Waals surface area contributed by atoms with Gasteiger partial charge in [0.1, 0.15) is 0 Å². The van der Waals surface area contributed by atoms with E-state index in [1.165, 1.54) is 48.9 Å². The van der Waals surface area contributed by atoms with Crippen LogP contribution in [0, 0.1) is 5.92 Å². The number of amides is 1. The van der Waals surface area contributed by atoms with Crippen LogP contribution in [0.5, 0.6) is 0 Å². The summed E-state index contributed by atoms with van der Waals surface area (Å²) >= 11 is 4.23. The zero-order valence-corrected chi connectivity index (χ0v) is 16.5. The molecule has 6 heteroatoms. The SMILES string of the molecule is O=C(CCC1CCN(C2CSCCSC2)CC1)NCc1cccnc1. The van der Waals surface area contributed by atoms with Crippen LogP contribution in [-0.2, 0) is 11.3 Å². The van der Waals surface area contributed by atoms with Gasteiger partial charge in [-0.25, -0.2) is 0 Å². The number of piperidine rings is 1. The van der Waals surface area contributed by atoms with Crippen molar-refractivity contribution in [2.24, 2.45) is 5.92 Å². The van der Waals surface area contributed by atoms with Crippen molar-refractivity contribution in [2.45, 2.75) is 38.3 Å². The molecule has 1 aromatic rings. The Hall–Kier alpha value is -0.720. The fourth-order valence-corrected chi connectivity index (χ4v) is 6.18. The number of carbonyl (C=O) groups is 1. The van der Waals surface area contributed by atoms with E-state index in [1.54, 1.807) is 12.4 Å². The molecule has 0 bridgehead atoms. The topological polar surface area (TPSA) is 45.2 Å². The lowest BCUT2D eigenvalue weighted by Gasteiger charge is -2.37. The molecular formula is C19H29N3OS2. The Kier molecular flexibility index (Phi) is 7.95. The van der Waals surface area contributed by atoms with E-state index in [0.29, 0.717) is 18.9 Å². The second-order valence-corrected chi connectivity index (χ2v) is 9.26. The van der Waals surface area contributed by atoms with E-state index in [-0.39, 0.29) is 5.91 Å². The lowest BCUT2D eigenvalue weighted by Crippen LogP contribution is -2.44. The quantitative estimate of drug-likeness (QED) is 0.823. The summed E-state index contributed by atoms with van der Waals surface area (Å²) in [6.07, 6.45) is 7.74. The summed E-state index contributed by atoms with van der Waals surface area (Å²) in [6.45, 7) is 3.02. The van der Waals surface area contributed by atoms with Gasteiger partial charge in [-0.1, -0.05) is 6.07 Å². The molecule has 1 N–H and O–H groups in total. The minimum Gasteiger partial charge on any atom is -0.352 e. The summed E-state index contributed by atoms with van der Waals surface area (Å²) in [5.41, 5.74) is 1.06. The van der Waals surface area contributed by atoms with E-state index in [2.05, 4.69) is 38.7 Å². The van der Waals surface area contributed by atoms with Crippen LogP contribution in [0.3, 0.4) is 0 Å². The minimum absolute atomic E-state index is 0.169. The van der Waals surface area contributed by atoms with Crippen LogP contribution in [0.2, 0.25) is 0 Å². The van der Waals surface area contributed by atoms with Gasteiger partial charge in [-0.15, -0.1) is 0 Å². The molecule has 2 fully saturated rings. The molecule has 0 aliphatic carbocycles. The van der Waals surface area contributed by atoms with Gasteiger partial charge in [-0.2, -0.15) is 23.5 Å². The molecule has 1 amide bonds. The number of hydrogen-bond donors (Lipinski definition) is 1. The third-order valence-electron chi connectivity index (χ3n) is 5.15. The Balaban J connectivity index is 1.31. The highest BCUT2D eigenvalue weighted by Crippen LogP contribution is 2.27. The summed E-state index contributed by atoms with van der Waals surface area (Å²) in [6, 6.07) is 4.66. The van der Waals surface area contributed by atoms with Crippen LogP contribution in [0.25, 0.3) is 0 Å². The highest BCUT2D eigenvalue weighted by atomic mass is 32.2. The van der Waals surface area contributed by atoms with Crippen molar-refractivity contribution in [1.29, 1.82) is 0 Å². The monoisotopic (exact) mass is 379 g/mol. The third-order valence-corrected chi connectivity index (χ3v) is 7.64. The number of hydrogen-bond acceptors (Lipinski definition) is 5. The second kappa shape index (κ2) is 10.4. The molecule has 3 rings (SSSR count). The normalized spacial score (nSPS) is 21.0. The molecule has 0 saturated carbocycles. The maximum Gasteiger partial charge on any atom is 0.220 e. The molecule has 2 saturated heterocycles. The standard InChI is InChI=1S/C19H29N3OS2/c23-19(21-13-17-2-1-7-20-12-17)4-3-16-5-8-22(9-6-16)18-14-24-10-11-25-15-18/h1-2,7,12,16,18H,3-6,8-11,13-15H2,(H,21,23). The summed E-state index contributed by atoms with van der Waals surface area (Å²) < 4.78 is 0. The number of thioether (sulfide) groups is 2. The van der Waals surface area contributed by atoms with Crippen LogP contribution in [0.1, 0.15) is 31.2 Å². The molecule has 3 heterocycles. The zero-order chi connectivity index (χ0) is 17.3. The van der Waals surface area contributed by atoms with E-state index in [1.807, 2.05) is 12.1 Å². The van der Waals surface area contributed by atoms with Gasteiger partial charge in [0.25, 0.3) is 0 Å². The van der Waals surface area contributed by atoms with Crippen LogP contribution in [-0.4, -0.2) is 57.9 Å². The molecule has 0 atom stereocenters. The highest BCUT2D eigenvalue weighted by Gasteiger charge is 2.26. The number of pyridine rings is 1. The predicted molar refractivity (Wildman–Crippen MR) is 108 cm³/mol. The Morgan fingerprint density at radius 2 is 2.00 bits per heavy atom. The molecule has 138 valence electrons. The van der Waals surface area contributed by atoms with Gasteiger partial charge in [0, 0.05) is 54.4 Å². The molecule has 2 aliphatic heterocycles. The highest BCUT2D eigenvalue weighted by molar-refractivity contribution is 8.03. The Morgan fingerprint density at radius 3 is 2.68 bits per heavy atom. The van der Waals surface area contributed by atoms with E-state index in [9.17, 15) is 4.79 Å². The van der Waals surface area contributed by atoms with Gasteiger partial charge < -0.3 is 5.32 Å². The molecule has 0 unspecified atom stereocenters. The van der Waals surface area contributed by atoms with Crippen molar-refractivity contribution in [3.8, 4) is 0 Å². The van der Waals surface area contributed by atoms with Crippen LogP contribution >= 0.6 is 23.5 Å². The fourth-order valence-electron chi connectivity index (χ4n) is 3.55. The number of likely N-dealkylation sites (tertiary alicyclic amines) is 1. The maximum atomic E-state index is 12.1. The summed E-state index contributed by atoms with van der Waals surface area (Å²) in [4.78, 5) is 18.8. The molecule has 1 aromatic heterocycles. The van der Waals surface area contributed by atoms with E-state index >= 15 is 0 Å². The number of rotatable bonds is 6. The largest absolute Gasteiger partial charge is 0.352 e.